The highest BCUT2D eigenvalue weighted by molar-refractivity contribution is 5.62. The van der Waals surface area contributed by atoms with E-state index in [1.807, 2.05) is 12.1 Å². The second kappa shape index (κ2) is 4.31. The highest BCUT2D eigenvalue weighted by Gasteiger charge is 2.34. The van der Waals surface area contributed by atoms with E-state index in [1.54, 1.807) is 0 Å². The summed E-state index contributed by atoms with van der Waals surface area (Å²) in [5, 5.41) is 0. The number of pyridine rings is 1. The zero-order valence-electron chi connectivity index (χ0n) is 10.8. The van der Waals surface area contributed by atoms with Gasteiger partial charge in [-0.15, -0.1) is 0 Å². The summed E-state index contributed by atoms with van der Waals surface area (Å²) in [5.41, 5.74) is 12.1. The van der Waals surface area contributed by atoms with Crippen LogP contribution in [0, 0.1) is 0 Å². The molecule has 2 aliphatic rings. The SMILES string of the molecule is CC1CN2CCCC2CN1c1ccc(N)c(N)n1. The molecule has 2 saturated heterocycles. The fourth-order valence-electron chi connectivity index (χ4n) is 3.14. The van der Waals surface area contributed by atoms with Crippen molar-refractivity contribution < 1.29 is 0 Å². The molecule has 3 heterocycles. The summed E-state index contributed by atoms with van der Waals surface area (Å²) in [6.45, 7) is 5.68. The minimum absolute atomic E-state index is 0.438. The number of rotatable bonds is 1. The molecule has 0 bridgehead atoms. The van der Waals surface area contributed by atoms with Gasteiger partial charge in [0.25, 0.3) is 0 Å². The second-order valence-electron chi connectivity index (χ2n) is 5.44. The van der Waals surface area contributed by atoms with E-state index in [0.29, 0.717) is 23.6 Å². The molecule has 5 nitrogen and oxygen atoms in total. The van der Waals surface area contributed by atoms with Crippen LogP contribution in [0.25, 0.3) is 0 Å². The quantitative estimate of drug-likeness (QED) is 0.772. The predicted octanol–water partition coefficient (Wildman–Crippen LogP) is 0.919. The Hall–Kier alpha value is -1.49. The summed E-state index contributed by atoms with van der Waals surface area (Å²) < 4.78 is 0. The average Bonchev–Trinajstić information content (AvgIpc) is 2.79. The topological polar surface area (TPSA) is 71.4 Å². The molecule has 0 aliphatic carbocycles. The Kier molecular flexibility index (Phi) is 2.78. The lowest BCUT2D eigenvalue weighted by Gasteiger charge is -2.43. The van der Waals surface area contributed by atoms with Gasteiger partial charge in [-0.3, -0.25) is 4.90 Å². The Bertz CT molecular complexity index is 447. The Balaban J connectivity index is 1.84. The molecular weight excluding hydrogens is 226 g/mol. The van der Waals surface area contributed by atoms with Gasteiger partial charge in [0.05, 0.1) is 5.69 Å². The Labute approximate surface area is 108 Å². The number of nitrogen functional groups attached to an aromatic ring is 2. The minimum Gasteiger partial charge on any atom is -0.396 e. The molecule has 2 unspecified atom stereocenters. The summed E-state index contributed by atoms with van der Waals surface area (Å²) in [5.74, 6) is 1.40. The minimum atomic E-state index is 0.438. The lowest BCUT2D eigenvalue weighted by atomic mass is 10.1. The molecule has 2 fully saturated rings. The summed E-state index contributed by atoms with van der Waals surface area (Å²) >= 11 is 0. The summed E-state index contributed by atoms with van der Waals surface area (Å²) in [4.78, 5) is 9.38. The monoisotopic (exact) mass is 247 g/mol. The van der Waals surface area contributed by atoms with Gasteiger partial charge in [-0.25, -0.2) is 4.98 Å². The third kappa shape index (κ3) is 1.88. The fourth-order valence-corrected chi connectivity index (χ4v) is 3.14. The molecule has 1 aromatic rings. The zero-order chi connectivity index (χ0) is 12.7. The summed E-state index contributed by atoms with van der Waals surface area (Å²) in [6, 6.07) is 5.00. The van der Waals surface area contributed by atoms with Crippen LogP contribution in [0.15, 0.2) is 12.1 Å². The van der Waals surface area contributed by atoms with Crippen LogP contribution in [0.3, 0.4) is 0 Å². The number of anilines is 3. The lowest BCUT2D eigenvalue weighted by molar-refractivity contribution is 0.202. The highest BCUT2D eigenvalue weighted by atomic mass is 15.3. The third-order valence-electron chi connectivity index (χ3n) is 4.17. The van der Waals surface area contributed by atoms with Gasteiger partial charge in [-0.05, 0) is 38.4 Å². The molecular formula is C13H21N5. The first-order chi connectivity index (χ1) is 8.65. The molecule has 1 aromatic heterocycles. The second-order valence-corrected chi connectivity index (χ2v) is 5.44. The van der Waals surface area contributed by atoms with Crippen molar-refractivity contribution in [1.29, 1.82) is 0 Å². The highest BCUT2D eigenvalue weighted by Crippen LogP contribution is 2.28. The van der Waals surface area contributed by atoms with E-state index in [1.165, 1.54) is 19.4 Å². The van der Waals surface area contributed by atoms with Crippen molar-refractivity contribution >= 4 is 17.3 Å². The van der Waals surface area contributed by atoms with E-state index in [-0.39, 0.29) is 0 Å². The largest absolute Gasteiger partial charge is 0.396 e. The predicted molar refractivity (Wildman–Crippen MR) is 74.5 cm³/mol. The van der Waals surface area contributed by atoms with E-state index in [0.717, 1.165) is 18.9 Å². The molecule has 2 aliphatic heterocycles. The van der Waals surface area contributed by atoms with Crippen molar-refractivity contribution in [3.8, 4) is 0 Å². The maximum atomic E-state index is 5.81. The third-order valence-corrected chi connectivity index (χ3v) is 4.17. The maximum absolute atomic E-state index is 5.81. The molecule has 0 amide bonds. The summed E-state index contributed by atoms with van der Waals surface area (Å²) in [7, 11) is 0. The average molecular weight is 247 g/mol. The first-order valence-electron chi connectivity index (χ1n) is 6.68. The van der Waals surface area contributed by atoms with Gasteiger partial charge < -0.3 is 16.4 Å². The van der Waals surface area contributed by atoms with Gasteiger partial charge >= 0.3 is 0 Å². The number of hydrogen-bond acceptors (Lipinski definition) is 5. The van der Waals surface area contributed by atoms with Crippen LogP contribution in [0.2, 0.25) is 0 Å². The molecule has 18 heavy (non-hydrogen) atoms. The van der Waals surface area contributed by atoms with Gasteiger partial charge in [0.1, 0.15) is 11.6 Å². The smallest absolute Gasteiger partial charge is 0.149 e. The Morgan fingerprint density at radius 1 is 1.28 bits per heavy atom. The van der Waals surface area contributed by atoms with Crippen LogP contribution in [0.4, 0.5) is 17.3 Å². The van der Waals surface area contributed by atoms with Gasteiger partial charge in [-0.1, -0.05) is 0 Å². The first-order valence-corrected chi connectivity index (χ1v) is 6.68. The molecule has 0 spiro atoms. The Morgan fingerprint density at radius 3 is 2.89 bits per heavy atom. The summed E-state index contributed by atoms with van der Waals surface area (Å²) in [6.07, 6.45) is 2.62. The van der Waals surface area contributed by atoms with Crippen LogP contribution in [-0.2, 0) is 0 Å². The van der Waals surface area contributed by atoms with E-state index in [4.69, 9.17) is 11.5 Å². The molecule has 4 N–H and O–H groups in total. The molecule has 3 rings (SSSR count). The number of nitrogens with two attached hydrogens (primary N) is 2. The van der Waals surface area contributed by atoms with E-state index < -0.39 is 0 Å². The fraction of sp³-hybridized carbons (Fsp3) is 0.615. The van der Waals surface area contributed by atoms with Crippen molar-refractivity contribution in [2.45, 2.75) is 31.8 Å². The first kappa shape index (κ1) is 11.6. The molecule has 5 heteroatoms. The van der Waals surface area contributed by atoms with Crippen molar-refractivity contribution in [3.05, 3.63) is 12.1 Å². The Morgan fingerprint density at radius 2 is 2.11 bits per heavy atom. The van der Waals surface area contributed by atoms with Crippen molar-refractivity contribution in [3.63, 3.8) is 0 Å². The number of nitrogens with zero attached hydrogens (tertiary/aromatic N) is 3. The van der Waals surface area contributed by atoms with Crippen LogP contribution in [-0.4, -0.2) is 41.6 Å². The van der Waals surface area contributed by atoms with Crippen molar-refractivity contribution in [2.75, 3.05) is 36.0 Å². The lowest BCUT2D eigenvalue weighted by Crippen LogP contribution is -2.55. The zero-order valence-corrected chi connectivity index (χ0v) is 10.8. The van der Waals surface area contributed by atoms with Crippen molar-refractivity contribution in [1.82, 2.24) is 9.88 Å². The number of fused-ring (bicyclic) bond motifs is 1. The maximum Gasteiger partial charge on any atom is 0.149 e. The number of hydrogen-bond donors (Lipinski definition) is 2. The number of aromatic nitrogens is 1. The standard InChI is InChI=1S/C13H21N5/c1-9-7-17-6-2-3-10(17)8-18(9)12-5-4-11(14)13(15)16-12/h4-5,9-10H,2-3,6-8,14H2,1H3,(H2,15,16). The van der Waals surface area contributed by atoms with Gasteiger partial charge in [-0.2, -0.15) is 0 Å². The number of piperazine rings is 1. The molecule has 98 valence electrons. The van der Waals surface area contributed by atoms with Gasteiger partial charge in [0, 0.05) is 25.2 Å². The van der Waals surface area contributed by atoms with Crippen LogP contribution >= 0.6 is 0 Å². The van der Waals surface area contributed by atoms with Crippen LogP contribution in [0.1, 0.15) is 19.8 Å². The van der Waals surface area contributed by atoms with Gasteiger partial charge in [0.15, 0.2) is 0 Å². The molecule has 2 atom stereocenters. The van der Waals surface area contributed by atoms with Crippen LogP contribution < -0.4 is 16.4 Å². The van der Waals surface area contributed by atoms with E-state index in [9.17, 15) is 0 Å². The van der Waals surface area contributed by atoms with E-state index in [2.05, 4.69) is 21.7 Å². The molecule has 0 radical (unpaired) electrons. The normalized spacial score (nSPS) is 28.4. The van der Waals surface area contributed by atoms with Crippen LogP contribution in [0.5, 0.6) is 0 Å². The molecule has 0 aromatic carbocycles. The van der Waals surface area contributed by atoms with Crippen molar-refractivity contribution in [2.24, 2.45) is 0 Å². The van der Waals surface area contributed by atoms with E-state index >= 15 is 0 Å². The molecule has 0 saturated carbocycles. The van der Waals surface area contributed by atoms with Gasteiger partial charge in [0.2, 0.25) is 0 Å².